The largest absolute Gasteiger partial charge is 0.496 e. The van der Waals surface area contributed by atoms with E-state index in [9.17, 15) is 9.59 Å². The molecule has 20 heavy (non-hydrogen) atoms. The van der Waals surface area contributed by atoms with Crippen LogP contribution in [0.1, 0.15) is 16.8 Å². The lowest BCUT2D eigenvalue weighted by Gasteiger charge is -2.13. The third-order valence-electron chi connectivity index (χ3n) is 2.72. The van der Waals surface area contributed by atoms with Gasteiger partial charge in [-0.1, -0.05) is 0 Å². The molecule has 0 heterocycles. The van der Waals surface area contributed by atoms with Gasteiger partial charge in [-0.3, -0.25) is 4.79 Å². The van der Waals surface area contributed by atoms with Gasteiger partial charge < -0.3 is 25.6 Å². The van der Waals surface area contributed by atoms with Crippen molar-refractivity contribution in [2.24, 2.45) is 5.73 Å². The number of rotatable bonds is 7. The molecule has 0 aromatic heterocycles. The number of carbonyl (C=O) groups is 2. The average molecular weight is 282 g/mol. The molecule has 0 saturated heterocycles. The van der Waals surface area contributed by atoms with Crippen molar-refractivity contribution in [3.8, 4) is 5.75 Å². The second kappa shape index (κ2) is 7.46. The predicted molar refractivity (Wildman–Crippen MR) is 73.1 cm³/mol. The maximum absolute atomic E-state index is 11.8. The first-order valence-corrected chi connectivity index (χ1v) is 5.95. The number of hydrogen-bond donors (Lipinski definition) is 3. The number of nitrogens with two attached hydrogens (primary N) is 1. The number of nitrogens with one attached hydrogen (secondary N) is 1. The van der Waals surface area contributed by atoms with Gasteiger partial charge in [-0.25, -0.2) is 4.79 Å². The smallest absolute Gasteiger partial charge is 0.339 e. The SMILES string of the molecule is COc1cc(NC(=O)CC(CN)OC)ccc1C(=O)O. The number of carboxylic acid groups (broad SMARTS) is 1. The Bertz CT molecular complexity index is 486. The van der Waals surface area contributed by atoms with Crippen LogP contribution in [0.5, 0.6) is 5.75 Å². The zero-order chi connectivity index (χ0) is 15.1. The van der Waals surface area contributed by atoms with Crippen molar-refractivity contribution in [3.05, 3.63) is 23.8 Å². The molecular formula is C13H18N2O5. The normalized spacial score (nSPS) is 11.8. The van der Waals surface area contributed by atoms with Gasteiger partial charge in [0.1, 0.15) is 11.3 Å². The molecule has 0 fully saturated rings. The first-order valence-electron chi connectivity index (χ1n) is 5.95. The molecule has 0 spiro atoms. The number of carbonyl (C=O) groups excluding carboxylic acids is 1. The summed E-state index contributed by atoms with van der Waals surface area (Å²) in [6, 6.07) is 4.31. The lowest BCUT2D eigenvalue weighted by Crippen LogP contribution is -2.28. The number of anilines is 1. The molecular weight excluding hydrogens is 264 g/mol. The first-order chi connectivity index (χ1) is 9.51. The summed E-state index contributed by atoms with van der Waals surface area (Å²) < 4.78 is 9.99. The molecule has 7 heteroatoms. The van der Waals surface area contributed by atoms with Gasteiger partial charge in [0.2, 0.25) is 5.91 Å². The first kappa shape index (κ1) is 15.9. The lowest BCUT2D eigenvalue weighted by molar-refractivity contribution is -0.118. The Morgan fingerprint density at radius 2 is 2.10 bits per heavy atom. The van der Waals surface area contributed by atoms with E-state index in [0.29, 0.717) is 5.69 Å². The molecule has 0 bridgehead atoms. The number of amides is 1. The van der Waals surface area contributed by atoms with Crippen molar-refractivity contribution in [2.75, 3.05) is 26.1 Å². The average Bonchev–Trinajstić information content (AvgIpc) is 2.44. The molecule has 110 valence electrons. The number of carboxylic acids is 1. The van der Waals surface area contributed by atoms with Gasteiger partial charge in [0.05, 0.1) is 19.6 Å². The van der Waals surface area contributed by atoms with Crippen LogP contribution in [0.3, 0.4) is 0 Å². The summed E-state index contributed by atoms with van der Waals surface area (Å²) in [6.07, 6.45) is -0.231. The van der Waals surface area contributed by atoms with E-state index in [-0.39, 0.29) is 36.3 Å². The Morgan fingerprint density at radius 1 is 1.40 bits per heavy atom. The Labute approximate surface area is 116 Å². The van der Waals surface area contributed by atoms with Crippen LogP contribution in [0.4, 0.5) is 5.69 Å². The number of hydrogen-bond acceptors (Lipinski definition) is 5. The Kier molecular flexibility index (Phi) is 5.95. The van der Waals surface area contributed by atoms with Gasteiger partial charge in [-0.05, 0) is 12.1 Å². The van der Waals surface area contributed by atoms with E-state index in [0.717, 1.165) is 0 Å². The molecule has 4 N–H and O–H groups in total. The number of ether oxygens (including phenoxy) is 2. The second-order valence-corrected chi connectivity index (χ2v) is 4.07. The van der Waals surface area contributed by atoms with Crippen molar-refractivity contribution in [2.45, 2.75) is 12.5 Å². The number of methoxy groups -OCH3 is 2. The monoisotopic (exact) mass is 282 g/mol. The quantitative estimate of drug-likeness (QED) is 0.678. The maximum Gasteiger partial charge on any atom is 0.339 e. The molecule has 1 unspecified atom stereocenters. The van der Waals surface area contributed by atoms with Crippen LogP contribution in [0.15, 0.2) is 18.2 Å². The van der Waals surface area contributed by atoms with E-state index in [4.69, 9.17) is 20.3 Å². The highest BCUT2D eigenvalue weighted by molar-refractivity contribution is 5.94. The summed E-state index contributed by atoms with van der Waals surface area (Å²) in [7, 11) is 2.85. The molecule has 0 aliphatic heterocycles. The van der Waals surface area contributed by atoms with Crippen molar-refractivity contribution < 1.29 is 24.2 Å². The Hall–Kier alpha value is -2.12. The predicted octanol–water partition coefficient (Wildman–Crippen LogP) is 0.696. The zero-order valence-electron chi connectivity index (χ0n) is 11.4. The number of benzene rings is 1. The highest BCUT2D eigenvalue weighted by Gasteiger charge is 2.14. The molecule has 1 atom stereocenters. The molecule has 0 saturated carbocycles. The summed E-state index contributed by atoms with van der Waals surface area (Å²) in [5, 5.41) is 11.6. The van der Waals surface area contributed by atoms with E-state index in [1.807, 2.05) is 0 Å². The van der Waals surface area contributed by atoms with Crippen molar-refractivity contribution in [1.29, 1.82) is 0 Å². The fraction of sp³-hybridized carbons (Fsp3) is 0.385. The van der Waals surface area contributed by atoms with Crippen LogP contribution in [-0.4, -0.2) is 43.9 Å². The summed E-state index contributed by atoms with van der Waals surface area (Å²) in [5.74, 6) is -1.19. The van der Waals surface area contributed by atoms with E-state index >= 15 is 0 Å². The van der Waals surface area contributed by atoms with Gasteiger partial charge in [0.15, 0.2) is 0 Å². The summed E-state index contributed by atoms with van der Waals surface area (Å²) in [4.78, 5) is 22.7. The maximum atomic E-state index is 11.8. The van der Waals surface area contributed by atoms with Crippen molar-refractivity contribution in [3.63, 3.8) is 0 Å². The van der Waals surface area contributed by atoms with Gasteiger partial charge in [-0.2, -0.15) is 0 Å². The standard InChI is InChI=1S/C13H18N2O5/c1-19-9(7-14)6-12(16)15-8-3-4-10(13(17)18)11(5-8)20-2/h3-5,9H,6-7,14H2,1-2H3,(H,15,16)(H,17,18). The van der Waals surface area contributed by atoms with Gasteiger partial charge >= 0.3 is 5.97 Å². The Morgan fingerprint density at radius 3 is 2.60 bits per heavy atom. The van der Waals surface area contributed by atoms with Crippen LogP contribution in [0, 0.1) is 0 Å². The van der Waals surface area contributed by atoms with E-state index in [2.05, 4.69) is 5.32 Å². The van der Waals surface area contributed by atoms with E-state index in [1.54, 1.807) is 0 Å². The minimum atomic E-state index is -1.10. The molecule has 0 aliphatic rings. The molecule has 1 aromatic carbocycles. The van der Waals surface area contributed by atoms with Crippen molar-refractivity contribution >= 4 is 17.6 Å². The summed E-state index contributed by atoms with van der Waals surface area (Å²) in [5.41, 5.74) is 5.91. The van der Waals surface area contributed by atoms with E-state index in [1.165, 1.54) is 32.4 Å². The molecule has 1 amide bonds. The van der Waals surface area contributed by atoms with Gasteiger partial charge in [0.25, 0.3) is 0 Å². The Balaban J connectivity index is 2.78. The minimum absolute atomic E-state index is 0.0298. The lowest BCUT2D eigenvalue weighted by atomic mass is 10.1. The molecule has 7 nitrogen and oxygen atoms in total. The fourth-order valence-electron chi connectivity index (χ4n) is 1.63. The summed E-state index contributed by atoms with van der Waals surface area (Å²) in [6.45, 7) is 0.241. The van der Waals surface area contributed by atoms with E-state index < -0.39 is 5.97 Å². The van der Waals surface area contributed by atoms with Gasteiger partial charge in [0, 0.05) is 25.4 Å². The zero-order valence-corrected chi connectivity index (χ0v) is 11.4. The van der Waals surface area contributed by atoms with Crippen molar-refractivity contribution in [1.82, 2.24) is 0 Å². The van der Waals surface area contributed by atoms with Gasteiger partial charge in [-0.15, -0.1) is 0 Å². The highest BCUT2D eigenvalue weighted by atomic mass is 16.5. The third kappa shape index (κ3) is 4.22. The highest BCUT2D eigenvalue weighted by Crippen LogP contribution is 2.23. The van der Waals surface area contributed by atoms with Crippen LogP contribution < -0.4 is 15.8 Å². The topological polar surface area (TPSA) is 111 Å². The molecule has 1 rings (SSSR count). The molecule has 1 aromatic rings. The molecule has 0 radical (unpaired) electrons. The van der Waals surface area contributed by atoms with Crippen LogP contribution >= 0.6 is 0 Å². The second-order valence-electron chi connectivity index (χ2n) is 4.07. The van der Waals surface area contributed by atoms with Crippen LogP contribution in [0.2, 0.25) is 0 Å². The summed E-state index contributed by atoms with van der Waals surface area (Å²) >= 11 is 0. The number of aromatic carboxylic acids is 1. The molecule has 0 aliphatic carbocycles. The third-order valence-corrected chi connectivity index (χ3v) is 2.72. The fourth-order valence-corrected chi connectivity index (χ4v) is 1.63. The van der Waals surface area contributed by atoms with Crippen LogP contribution in [0.25, 0.3) is 0 Å². The van der Waals surface area contributed by atoms with Crippen LogP contribution in [-0.2, 0) is 9.53 Å². The minimum Gasteiger partial charge on any atom is -0.496 e.